The molecule has 0 saturated heterocycles. The Hall–Kier alpha value is -1.58. The summed E-state index contributed by atoms with van der Waals surface area (Å²) in [5.41, 5.74) is 1.89. The summed E-state index contributed by atoms with van der Waals surface area (Å²) in [7, 11) is 1.59. The van der Waals surface area contributed by atoms with Crippen molar-refractivity contribution in [2.45, 2.75) is 13.0 Å². The Bertz CT molecular complexity index is 599. The highest BCUT2D eigenvalue weighted by Gasteiger charge is 2.15. The van der Waals surface area contributed by atoms with Crippen molar-refractivity contribution in [3.05, 3.63) is 63.9 Å². The maximum Gasteiger partial charge on any atom is 0.123 e. The maximum absolute atomic E-state index is 13.2. The number of halogens is 2. The number of hydrogen-bond donors (Lipinski definition) is 1. The fourth-order valence-corrected chi connectivity index (χ4v) is 2.20. The van der Waals surface area contributed by atoms with Gasteiger partial charge in [-0.2, -0.15) is 0 Å². The van der Waals surface area contributed by atoms with E-state index in [0.717, 1.165) is 11.3 Å². The molecule has 2 nitrogen and oxygen atoms in total. The van der Waals surface area contributed by atoms with Crippen molar-refractivity contribution < 1.29 is 14.2 Å². The summed E-state index contributed by atoms with van der Waals surface area (Å²) in [4.78, 5) is 0. The molecule has 1 unspecified atom stereocenters. The molecule has 0 aromatic heterocycles. The molecule has 0 aliphatic heterocycles. The molecule has 4 heteroatoms. The molecule has 19 heavy (non-hydrogen) atoms. The maximum atomic E-state index is 13.2. The lowest BCUT2D eigenvalue weighted by atomic mass is 9.99. The Kier molecular flexibility index (Phi) is 4.08. The van der Waals surface area contributed by atoms with Gasteiger partial charge in [0.1, 0.15) is 17.7 Å². The topological polar surface area (TPSA) is 29.5 Å². The van der Waals surface area contributed by atoms with Gasteiger partial charge in [0, 0.05) is 10.6 Å². The van der Waals surface area contributed by atoms with Crippen LogP contribution in [-0.4, -0.2) is 12.2 Å². The molecular formula is C15H14ClFO2. The number of aliphatic hydroxyl groups is 1. The van der Waals surface area contributed by atoms with E-state index >= 15 is 0 Å². The predicted octanol–water partition coefficient (Wildman–Crippen LogP) is 3.88. The summed E-state index contributed by atoms with van der Waals surface area (Å²) in [6, 6.07) is 9.24. The lowest BCUT2D eigenvalue weighted by Gasteiger charge is -2.15. The van der Waals surface area contributed by atoms with Crippen LogP contribution in [0.15, 0.2) is 36.4 Å². The van der Waals surface area contributed by atoms with Crippen LogP contribution in [0.25, 0.3) is 0 Å². The van der Waals surface area contributed by atoms with Crippen LogP contribution >= 0.6 is 11.6 Å². The second-order valence-corrected chi connectivity index (χ2v) is 4.70. The van der Waals surface area contributed by atoms with Gasteiger partial charge in [-0.3, -0.25) is 0 Å². The van der Waals surface area contributed by atoms with Crippen molar-refractivity contribution in [1.82, 2.24) is 0 Å². The first-order chi connectivity index (χ1) is 9.02. The quantitative estimate of drug-likeness (QED) is 0.924. The van der Waals surface area contributed by atoms with Gasteiger partial charge in [-0.25, -0.2) is 4.39 Å². The highest BCUT2D eigenvalue weighted by atomic mass is 35.5. The van der Waals surface area contributed by atoms with E-state index in [0.29, 0.717) is 16.1 Å². The number of aryl methyl sites for hydroxylation is 1. The Morgan fingerprint density at radius 2 is 1.95 bits per heavy atom. The highest BCUT2D eigenvalue weighted by Crippen LogP contribution is 2.31. The van der Waals surface area contributed by atoms with Gasteiger partial charge in [-0.15, -0.1) is 0 Å². The zero-order chi connectivity index (χ0) is 14.0. The van der Waals surface area contributed by atoms with Crippen molar-refractivity contribution in [3.63, 3.8) is 0 Å². The van der Waals surface area contributed by atoms with Crippen molar-refractivity contribution >= 4 is 11.6 Å². The Morgan fingerprint density at radius 3 is 2.58 bits per heavy atom. The first kappa shape index (κ1) is 13.8. The molecule has 2 aromatic rings. The van der Waals surface area contributed by atoms with Crippen molar-refractivity contribution in [2.24, 2.45) is 0 Å². The fourth-order valence-electron chi connectivity index (χ4n) is 1.98. The molecule has 0 amide bonds. The van der Waals surface area contributed by atoms with Gasteiger partial charge in [-0.1, -0.05) is 17.7 Å². The predicted molar refractivity (Wildman–Crippen MR) is 73.2 cm³/mol. The molecular weight excluding hydrogens is 267 g/mol. The summed E-state index contributed by atoms with van der Waals surface area (Å²) in [5, 5.41) is 10.6. The summed E-state index contributed by atoms with van der Waals surface area (Å²) in [6.45, 7) is 1.88. The van der Waals surface area contributed by atoms with Crippen molar-refractivity contribution in [2.75, 3.05) is 7.11 Å². The monoisotopic (exact) mass is 280 g/mol. The number of aliphatic hydroxyl groups excluding tert-OH is 1. The summed E-state index contributed by atoms with van der Waals surface area (Å²) >= 11 is 5.99. The molecule has 100 valence electrons. The van der Waals surface area contributed by atoms with E-state index in [9.17, 15) is 9.50 Å². The zero-order valence-electron chi connectivity index (χ0n) is 10.7. The number of hydrogen-bond acceptors (Lipinski definition) is 2. The Balaban J connectivity index is 2.41. The van der Waals surface area contributed by atoms with Crippen LogP contribution < -0.4 is 4.74 Å². The number of methoxy groups -OCH3 is 1. The van der Waals surface area contributed by atoms with Gasteiger partial charge in [0.15, 0.2) is 0 Å². The smallest absolute Gasteiger partial charge is 0.123 e. The molecule has 1 N–H and O–H groups in total. The first-order valence-corrected chi connectivity index (χ1v) is 6.18. The third-order valence-corrected chi connectivity index (χ3v) is 3.33. The van der Waals surface area contributed by atoms with Gasteiger partial charge < -0.3 is 9.84 Å². The molecule has 2 rings (SSSR count). The van der Waals surface area contributed by atoms with Crippen molar-refractivity contribution in [1.29, 1.82) is 0 Å². The zero-order valence-corrected chi connectivity index (χ0v) is 11.4. The molecule has 0 fully saturated rings. The largest absolute Gasteiger partial charge is 0.496 e. The van der Waals surface area contributed by atoms with Crippen LogP contribution in [0.3, 0.4) is 0 Å². The van der Waals surface area contributed by atoms with E-state index in [4.69, 9.17) is 16.3 Å². The molecule has 1 atom stereocenters. The summed E-state index contributed by atoms with van der Waals surface area (Å²) < 4.78 is 18.4. The highest BCUT2D eigenvalue weighted by molar-refractivity contribution is 6.31. The Labute approximate surface area is 116 Å². The normalized spacial score (nSPS) is 12.3. The van der Waals surface area contributed by atoms with Crippen LogP contribution in [0, 0.1) is 12.7 Å². The van der Waals surface area contributed by atoms with E-state index in [2.05, 4.69) is 0 Å². The van der Waals surface area contributed by atoms with E-state index in [1.54, 1.807) is 25.3 Å². The standard InChI is InChI=1S/C15H14ClFO2/c1-9-7-10(3-6-14(9)19-2)15(18)12-8-11(17)4-5-13(12)16/h3-8,15,18H,1-2H3. The second kappa shape index (κ2) is 5.59. The van der Waals surface area contributed by atoms with Crippen LogP contribution in [-0.2, 0) is 0 Å². The van der Waals surface area contributed by atoms with E-state index in [1.165, 1.54) is 18.2 Å². The molecule has 2 aromatic carbocycles. The lowest BCUT2D eigenvalue weighted by Crippen LogP contribution is -2.02. The molecule has 0 aliphatic carbocycles. The average Bonchev–Trinajstić information content (AvgIpc) is 2.40. The van der Waals surface area contributed by atoms with Crippen LogP contribution in [0.4, 0.5) is 4.39 Å². The van der Waals surface area contributed by atoms with Crippen LogP contribution in [0.5, 0.6) is 5.75 Å². The second-order valence-electron chi connectivity index (χ2n) is 4.30. The van der Waals surface area contributed by atoms with E-state index in [1.807, 2.05) is 6.92 Å². The molecule has 0 radical (unpaired) electrons. The van der Waals surface area contributed by atoms with Gasteiger partial charge in [0.25, 0.3) is 0 Å². The number of rotatable bonds is 3. The molecule has 0 aliphatic rings. The minimum atomic E-state index is -0.965. The van der Waals surface area contributed by atoms with Gasteiger partial charge >= 0.3 is 0 Å². The fraction of sp³-hybridized carbons (Fsp3) is 0.200. The number of ether oxygens (including phenoxy) is 1. The molecule has 0 spiro atoms. The van der Waals surface area contributed by atoms with Crippen LogP contribution in [0.2, 0.25) is 5.02 Å². The third-order valence-electron chi connectivity index (χ3n) is 2.99. The minimum Gasteiger partial charge on any atom is -0.496 e. The summed E-state index contributed by atoms with van der Waals surface area (Å²) in [5.74, 6) is 0.310. The first-order valence-electron chi connectivity index (χ1n) is 5.80. The molecule has 0 bridgehead atoms. The van der Waals surface area contributed by atoms with E-state index < -0.39 is 11.9 Å². The van der Waals surface area contributed by atoms with Gasteiger partial charge in [-0.05, 0) is 48.4 Å². The van der Waals surface area contributed by atoms with Crippen LogP contribution in [0.1, 0.15) is 22.8 Å². The number of benzene rings is 2. The Morgan fingerprint density at radius 1 is 1.21 bits per heavy atom. The van der Waals surface area contributed by atoms with Gasteiger partial charge in [0.05, 0.1) is 7.11 Å². The molecule has 0 saturated carbocycles. The van der Waals surface area contributed by atoms with E-state index in [-0.39, 0.29) is 0 Å². The lowest BCUT2D eigenvalue weighted by molar-refractivity contribution is 0.219. The minimum absolute atomic E-state index is 0.336. The van der Waals surface area contributed by atoms with Gasteiger partial charge in [0.2, 0.25) is 0 Å². The van der Waals surface area contributed by atoms with Crippen molar-refractivity contribution in [3.8, 4) is 5.75 Å². The average molecular weight is 281 g/mol. The SMILES string of the molecule is COc1ccc(C(O)c2cc(F)ccc2Cl)cc1C. The molecule has 0 heterocycles. The third kappa shape index (κ3) is 2.88. The summed E-state index contributed by atoms with van der Waals surface area (Å²) in [6.07, 6.45) is -0.965.